The van der Waals surface area contributed by atoms with Gasteiger partial charge in [0, 0.05) is 11.6 Å². The number of hydrogen-bond donors (Lipinski definition) is 1. The van der Waals surface area contributed by atoms with Crippen molar-refractivity contribution in [2.75, 3.05) is 6.61 Å². The zero-order valence-electron chi connectivity index (χ0n) is 8.92. The summed E-state index contributed by atoms with van der Waals surface area (Å²) in [7, 11) is 0. The smallest absolute Gasteiger partial charge is 0.422 e. The van der Waals surface area contributed by atoms with Crippen molar-refractivity contribution in [1.82, 2.24) is 0 Å². The van der Waals surface area contributed by atoms with Gasteiger partial charge in [-0.1, -0.05) is 23.7 Å². The van der Waals surface area contributed by atoms with E-state index in [0.29, 0.717) is 5.56 Å². The second-order valence-electron chi connectivity index (χ2n) is 3.35. The first-order chi connectivity index (χ1) is 7.31. The number of benzene rings is 1. The Morgan fingerprint density at radius 3 is 2.47 bits per heavy atom. The fourth-order valence-corrected chi connectivity index (χ4v) is 1.43. The van der Waals surface area contributed by atoms with E-state index in [0.717, 1.165) is 0 Å². The molecule has 0 radical (unpaired) electrons. The molecule has 98 valence electrons. The molecule has 0 spiro atoms. The number of hydrogen-bond acceptors (Lipinski definition) is 2. The summed E-state index contributed by atoms with van der Waals surface area (Å²) in [6.07, 6.45) is -4.39. The van der Waals surface area contributed by atoms with Gasteiger partial charge in [0.1, 0.15) is 5.75 Å². The van der Waals surface area contributed by atoms with Gasteiger partial charge in [-0.15, -0.1) is 12.4 Å². The van der Waals surface area contributed by atoms with Crippen molar-refractivity contribution in [2.24, 2.45) is 5.73 Å². The molecule has 1 aromatic carbocycles. The zero-order valence-corrected chi connectivity index (χ0v) is 10.5. The molecular weight excluding hydrogens is 278 g/mol. The summed E-state index contributed by atoms with van der Waals surface area (Å²) < 4.78 is 40.7. The van der Waals surface area contributed by atoms with Gasteiger partial charge in [0.05, 0.1) is 5.02 Å². The second kappa shape index (κ2) is 6.33. The van der Waals surface area contributed by atoms with Crippen LogP contribution in [0.25, 0.3) is 0 Å². The third-order valence-electron chi connectivity index (χ3n) is 1.87. The molecule has 1 unspecified atom stereocenters. The van der Waals surface area contributed by atoms with Gasteiger partial charge < -0.3 is 10.5 Å². The second-order valence-corrected chi connectivity index (χ2v) is 3.76. The fraction of sp³-hybridized carbons (Fsp3) is 0.400. The highest BCUT2D eigenvalue weighted by Gasteiger charge is 2.29. The van der Waals surface area contributed by atoms with Crippen LogP contribution in [-0.4, -0.2) is 12.8 Å². The van der Waals surface area contributed by atoms with E-state index in [1.807, 2.05) is 0 Å². The number of rotatable bonds is 3. The lowest BCUT2D eigenvalue weighted by Gasteiger charge is -2.16. The molecule has 0 amide bonds. The maximum Gasteiger partial charge on any atom is 0.422 e. The molecule has 17 heavy (non-hydrogen) atoms. The van der Waals surface area contributed by atoms with Gasteiger partial charge in [-0.3, -0.25) is 0 Å². The number of nitrogens with two attached hydrogens (primary N) is 1. The average molecular weight is 290 g/mol. The van der Waals surface area contributed by atoms with Crippen molar-refractivity contribution in [2.45, 2.75) is 19.1 Å². The Kier molecular flexibility index (Phi) is 6.09. The molecular formula is C10H12Cl2F3NO. The molecule has 2 N–H and O–H groups in total. The van der Waals surface area contributed by atoms with E-state index in [1.165, 1.54) is 6.07 Å². The van der Waals surface area contributed by atoms with Crippen molar-refractivity contribution >= 4 is 24.0 Å². The van der Waals surface area contributed by atoms with Crippen LogP contribution in [0, 0.1) is 0 Å². The zero-order chi connectivity index (χ0) is 12.3. The number of para-hydroxylation sites is 1. The van der Waals surface area contributed by atoms with Gasteiger partial charge in [0.25, 0.3) is 0 Å². The van der Waals surface area contributed by atoms with Gasteiger partial charge >= 0.3 is 6.18 Å². The van der Waals surface area contributed by atoms with E-state index in [-0.39, 0.29) is 23.2 Å². The highest BCUT2D eigenvalue weighted by molar-refractivity contribution is 6.32. The lowest BCUT2D eigenvalue weighted by Crippen LogP contribution is -2.20. The lowest BCUT2D eigenvalue weighted by atomic mass is 10.1. The Morgan fingerprint density at radius 2 is 2.00 bits per heavy atom. The third-order valence-corrected chi connectivity index (χ3v) is 2.17. The summed E-state index contributed by atoms with van der Waals surface area (Å²) in [5.74, 6) is -0.00325. The molecule has 2 nitrogen and oxygen atoms in total. The summed E-state index contributed by atoms with van der Waals surface area (Å²) >= 11 is 5.75. The van der Waals surface area contributed by atoms with Crippen LogP contribution in [0.3, 0.4) is 0 Å². The van der Waals surface area contributed by atoms with Crippen molar-refractivity contribution in [1.29, 1.82) is 0 Å². The molecule has 0 aliphatic rings. The number of ether oxygens (including phenoxy) is 1. The van der Waals surface area contributed by atoms with E-state index in [1.54, 1.807) is 19.1 Å². The molecule has 1 rings (SSSR count). The van der Waals surface area contributed by atoms with Crippen LogP contribution in [0.2, 0.25) is 5.02 Å². The first kappa shape index (κ1) is 16.4. The molecule has 0 aliphatic carbocycles. The largest absolute Gasteiger partial charge is 0.482 e. The minimum atomic E-state index is -4.39. The van der Waals surface area contributed by atoms with E-state index in [4.69, 9.17) is 17.3 Å². The summed E-state index contributed by atoms with van der Waals surface area (Å²) in [6.45, 7) is 0.266. The summed E-state index contributed by atoms with van der Waals surface area (Å²) in [5, 5.41) is 0.124. The maximum atomic E-state index is 12.0. The van der Waals surface area contributed by atoms with Crippen LogP contribution >= 0.6 is 24.0 Å². The van der Waals surface area contributed by atoms with Crippen molar-refractivity contribution in [3.8, 4) is 5.75 Å². The molecule has 1 aromatic rings. The predicted molar refractivity (Wildman–Crippen MR) is 62.9 cm³/mol. The topological polar surface area (TPSA) is 35.2 Å². The Balaban J connectivity index is 0.00000256. The fourth-order valence-electron chi connectivity index (χ4n) is 1.19. The van der Waals surface area contributed by atoms with Crippen LogP contribution < -0.4 is 10.5 Å². The number of alkyl halides is 3. The van der Waals surface area contributed by atoms with E-state index >= 15 is 0 Å². The van der Waals surface area contributed by atoms with Crippen molar-refractivity contribution in [3.63, 3.8) is 0 Å². The highest BCUT2D eigenvalue weighted by Crippen LogP contribution is 2.33. The van der Waals surface area contributed by atoms with E-state index < -0.39 is 18.8 Å². The first-order valence-electron chi connectivity index (χ1n) is 4.55. The van der Waals surface area contributed by atoms with E-state index in [9.17, 15) is 13.2 Å². The Morgan fingerprint density at radius 1 is 1.41 bits per heavy atom. The van der Waals surface area contributed by atoms with Gasteiger partial charge in [-0.05, 0) is 13.0 Å². The van der Waals surface area contributed by atoms with Gasteiger partial charge in [0.15, 0.2) is 6.61 Å². The predicted octanol–water partition coefficient (Wildman–Crippen LogP) is 3.72. The molecule has 0 saturated carbocycles. The Labute approximate surface area is 108 Å². The van der Waals surface area contributed by atoms with Crippen LogP contribution in [-0.2, 0) is 0 Å². The minimum absolute atomic E-state index is 0. The molecule has 0 aliphatic heterocycles. The highest BCUT2D eigenvalue weighted by atomic mass is 35.5. The molecule has 0 fully saturated rings. The normalized spacial score (nSPS) is 12.8. The van der Waals surface area contributed by atoms with E-state index in [2.05, 4.69) is 4.74 Å². The summed E-state index contributed by atoms with van der Waals surface area (Å²) in [5.41, 5.74) is 6.06. The SMILES string of the molecule is CC(N)c1cccc(Cl)c1OCC(F)(F)F.Cl. The van der Waals surface area contributed by atoms with Crippen LogP contribution in [0.5, 0.6) is 5.75 Å². The molecule has 7 heteroatoms. The van der Waals surface area contributed by atoms with Crippen molar-refractivity contribution in [3.05, 3.63) is 28.8 Å². The molecule has 0 heterocycles. The van der Waals surface area contributed by atoms with Crippen molar-refractivity contribution < 1.29 is 17.9 Å². The van der Waals surface area contributed by atoms with Crippen LogP contribution in [0.15, 0.2) is 18.2 Å². The van der Waals surface area contributed by atoms with Gasteiger partial charge in [-0.25, -0.2) is 0 Å². The molecule has 0 aromatic heterocycles. The summed E-state index contributed by atoms with van der Waals surface area (Å²) in [4.78, 5) is 0. The third kappa shape index (κ3) is 5.02. The lowest BCUT2D eigenvalue weighted by molar-refractivity contribution is -0.153. The first-order valence-corrected chi connectivity index (χ1v) is 4.92. The minimum Gasteiger partial charge on any atom is -0.482 e. The molecule has 0 bridgehead atoms. The standard InChI is InChI=1S/C10H11ClF3NO.ClH/c1-6(15)7-3-2-4-8(11)9(7)16-5-10(12,13)14;/h2-4,6H,5,15H2,1H3;1H. The quantitative estimate of drug-likeness (QED) is 0.920. The Bertz CT molecular complexity index is 369. The Hall–Kier alpha value is -0.650. The van der Waals surface area contributed by atoms with Gasteiger partial charge in [-0.2, -0.15) is 13.2 Å². The van der Waals surface area contributed by atoms with Crippen LogP contribution in [0.1, 0.15) is 18.5 Å². The average Bonchev–Trinajstić information content (AvgIpc) is 2.13. The van der Waals surface area contributed by atoms with Crippen LogP contribution in [0.4, 0.5) is 13.2 Å². The molecule has 1 atom stereocenters. The maximum absolute atomic E-state index is 12.0. The summed E-state index contributed by atoms with van der Waals surface area (Å²) in [6, 6.07) is 4.21. The van der Waals surface area contributed by atoms with Gasteiger partial charge in [0.2, 0.25) is 0 Å². The molecule has 0 saturated heterocycles. The monoisotopic (exact) mass is 289 g/mol. The number of halogens is 5.